The number of hydrogen-bond donors (Lipinski definition) is 1. The van der Waals surface area contributed by atoms with Crippen LogP contribution < -0.4 is 10.2 Å². The first kappa shape index (κ1) is 18.2. The molecule has 1 saturated heterocycles. The van der Waals surface area contributed by atoms with E-state index in [-0.39, 0.29) is 17.9 Å². The van der Waals surface area contributed by atoms with Crippen LogP contribution in [0.5, 0.6) is 0 Å². The summed E-state index contributed by atoms with van der Waals surface area (Å²) < 4.78 is 5.36. The van der Waals surface area contributed by atoms with Crippen LogP contribution in [0, 0.1) is 6.92 Å². The van der Waals surface area contributed by atoms with Gasteiger partial charge in [0.2, 0.25) is 5.91 Å². The smallest absolute Gasteiger partial charge is 0.287 e. The van der Waals surface area contributed by atoms with E-state index in [4.69, 9.17) is 4.42 Å². The van der Waals surface area contributed by atoms with Gasteiger partial charge in [-0.25, -0.2) is 0 Å². The second-order valence-corrected chi connectivity index (χ2v) is 6.72. The lowest BCUT2D eigenvalue weighted by molar-refractivity contribution is -0.119. The molecule has 2 heterocycles. The van der Waals surface area contributed by atoms with E-state index in [2.05, 4.69) is 10.2 Å². The maximum atomic E-state index is 12.5. The summed E-state index contributed by atoms with van der Waals surface area (Å²) in [5.41, 5.74) is 0.897. The second kappa shape index (κ2) is 8.19. The number of likely N-dealkylation sites (N-methyl/N-ethyl adjacent to an activating group) is 1. The predicted molar refractivity (Wildman–Crippen MR) is 100 cm³/mol. The summed E-state index contributed by atoms with van der Waals surface area (Å²) in [5.74, 6) is 0.983. The van der Waals surface area contributed by atoms with Gasteiger partial charge in [-0.2, -0.15) is 0 Å². The first-order valence-electron chi connectivity index (χ1n) is 8.94. The molecule has 0 bridgehead atoms. The molecular weight excluding hydrogens is 330 g/mol. The lowest BCUT2D eigenvalue weighted by Crippen LogP contribution is -2.47. The van der Waals surface area contributed by atoms with Crippen LogP contribution >= 0.6 is 0 Å². The summed E-state index contributed by atoms with van der Waals surface area (Å²) in [6, 6.07) is 13.2. The molecule has 0 atom stereocenters. The van der Waals surface area contributed by atoms with Gasteiger partial charge >= 0.3 is 0 Å². The summed E-state index contributed by atoms with van der Waals surface area (Å²) in [7, 11) is 1.80. The molecule has 1 aliphatic rings. The fourth-order valence-electron chi connectivity index (χ4n) is 3.14. The van der Waals surface area contributed by atoms with Gasteiger partial charge < -0.3 is 14.6 Å². The number of benzene rings is 1. The third kappa shape index (κ3) is 4.52. The highest BCUT2D eigenvalue weighted by molar-refractivity contribution is 5.94. The summed E-state index contributed by atoms with van der Waals surface area (Å²) in [5, 5.41) is 3.02. The van der Waals surface area contributed by atoms with E-state index in [1.165, 1.54) is 0 Å². The maximum Gasteiger partial charge on any atom is 0.287 e. The van der Waals surface area contributed by atoms with Crippen LogP contribution in [0.3, 0.4) is 0 Å². The Bertz CT molecular complexity index is 749. The molecule has 2 aromatic rings. The van der Waals surface area contributed by atoms with Crippen molar-refractivity contribution >= 4 is 17.5 Å². The fourth-order valence-corrected chi connectivity index (χ4v) is 3.14. The second-order valence-electron chi connectivity index (χ2n) is 6.72. The Kier molecular flexibility index (Phi) is 5.73. The molecule has 138 valence electrons. The summed E-state index contributed by atoms with van der Waals surface area (Å²) in [4.78, 5) is 28.4. The lowest BCUT2D eigenvalue weighted by atomic mass is 10.0. The van der Waals surface area contributed by atoms with Gasteiger partial charge in [0.25, 0.3) is 5.91 Å². The van der Waals surface area contributed by atoms with Crippen LogP contribution in [0.2, 0.25) is 0 Å². The van der Waals surface area contributed by atoms with Crippen LogP contribution in [0.15, 0.2) is 46.9 Å². The third-order valence-electron chi connectivity index (χ3n) is 4.76. The zero-order chi connectivity index (χ0) is 18.5. The quantitative estimate of drug-likeness (QED) is 0.895. The molecule has 0 radical (unpaired) electrons. The van der Waals surface area contributed by atoms with Crippen LogP contribution in [0.25, 0.3) is 0 Å². The zero-order valence-corrected chi connectivity index (χ0v) is 15.3. The molecule has 6 heteroatoms. The number of rotatable bonds is 5. The van der Waals surface area contributed by atoms with E-state index in [0.717, 1.165) is 37.4 Å². The molecule has 1 N–H and O–H groups in total. The highest BCUT2D eigenvalue weighted by atomic mass is 16.3. The van der Waals surface area contributed by atoms with Gasteiger partial charge in [-0.15, -0.1) is 0 Å². The Labute approximate surface area is 153 Å². The SMILES string of the molecule is Cc1ccc(C(=O)NC2CCN(CC(=O)N(C)c3ccccc3)CC2)o1. The van der Waals surface area contributed by atoms with Crippen molar-refractivity contribution in [2.24, 2.45) is 0 Å². The number of likely N-dealkylation sites (tertiary alicyclic amines) is 1. The zero-order valence-electron chi connectivity index (χ0n) is 15.3. The predicted octanol–water partition coefficient (Wildman–Crippen LogP) is 2.45. The molecule has 0 aliphatic carbocycles. The van der Waals surface area contributed by atoms with E-state index >= 15 is 0 Å². The standard InChI is InChI=1S/C20H25N3O3/c1-15-8-9-18(26-15)20(25)21-16-10-12-23(13-11-16)14-19(24)22(2)17-6-4-3-5-7-17/h3-9,16H,10-14H2,1-2H3,(H,21,25). The van der Waals surface area contributed by atoms with E-state index in [0.29, 0.717) is 12.3 Å². The molecule has 0 saturated carbocycles. The molecule has 3 rings (SSSR count). The summed E-state index contributed by atoms with van der Waals surface area (Å²) in [6.07, 6.45) is 1.65. The maximum absolute atomic E-state index is 12.5. The summed E-state index contributed by atoms with van der Waals surface area (Å²) >= 11 is 0. The minimum absolute atomic E-state index is 0.0738. The topological polar surface area (TPSA) is 65.8 Å². The van der Waals surface area contributed by atoms with Crippen molar-refractivity contribution in [3.63, 3.8) is 0 Å². The van der Waals surface area contributed by atoms with E-state index < -0.39 is 0 Å². The van der Waals surface area contributed by atoms with Crippen LogP contribution in [-0.2, 0) is 4.79 Å². The number of hydrogen-bond acceptors (Lipinski definition) is 4. The monoisotopic (exact) mass is 355 g/mol. The van der Waals surface area contributed by atoms with Crippen molar-refractivity contribution in [2.45, 2.75) is 25.8 Å². The van der Waals surface area contributed by atoms with Crippen LogP contribution in [0.4, 0.5) is 5.69 Å². The van der Waals surface area contributed by atoms with E-state index in [9.17, 15) is 9.59 Å². The number of nitrogens with one attached hydrogen (secondary N) is 1. The Morgan fingerprint density at radius 1 is 1.15 bits per heavy atom. The normalized spacial score (nSPS) is 15.6. The lowest BCUT2D eigenvalue weighted by Gasteiger charge is -2.32. The first-order chi connectivity index (χ1) is 12.5. The molecule has 2 amide bonds. The van der Waals surface area contributed by atoms with Crippen molar-refractivity contribution in [3.05, 3.63) is 54.0 Å². The van der Waals surface area contributed by atoms with Crippen molar-refractivity contribution in [1.82, 2.24) is 10.2 Å². The van der Waals surface area contributed by atoms with Gasteiger partial charge in [-0.1, -0.05) is 18.2 Å². The van der Waals surface area contributed by atoms with Crippen molar-refractivity contribution in [3.8, 4) is 0 Å². The number of anilines is 1. The molecule has 26 heavy (non-hydrogen) atoms. The number of piperidine rings is 1. The van der Waals surface area contributed by atoms with Crippen molar-refractivity contribution < 1.29 is 14.0 Å². The Morgan fingerprint density at radius 2 is 1.85 bits per heavy atom. The summed E-state index contributed by atoms with van der Waals surface area (Å²) in [6.45, 7) is 3.79. The Morgan fingerprint density at radius 3 is 2.46 bits per heavy atom. The highest BCUT2D eigenvalue weighted by Gasteiger charge is 2.24. The Hall–Kier alpha value is -2.60. The van der Waals surface area contributed by atoms with Gasteiger partial charge in [-0.05, 0) is 44.0 Å². The molecule has 0 unspecified atom stereocenters. The number of carbonyl (C=O) groups is 2. The van der Waals surface area contributed by atoms with Gasteiger partial charge in [-0.3, -0.25) is 14.5 Å². The highest BCUT2D eigenvalue weighted by Crippen LogP contribution is 2.15. The molecular formula is C20H25N3O3. The number of aryl methyl sites for hydroxylation is 1. The number of nitrogens with zero attached hydrogens (tertiary/aromatic N) is 2. The number of carbonyl (C=O) groups excluding carboxylic acids is 2. The average Bonchev–Trinajstić information content (AvgIpc) is 3.10. The first-order valence-corrected chi connectivity index (χ1v) is 8.94. The Balaban J connectivity index is 1.45. The van der Waals surface area contributed by atoms with E-state index in [1.807, 2.05) is 37.3 Å². The molecule has 1 aliphatic heterocycles. The molecule has 6 nitrogen and oxygen atoms in total. The van der Waals surface area contributed by atoms with Gasteiger partial charge in [0.1, 0.15) is 5.76 Å². The number of amides is 2. The average molecular weight is 355 g/mol. The van der Waals surface area contributed by atoms with Gasteiger partial charge in [0.15, 0.2) is 5.76 Å². The largest absolute Gasteiger partial charge is 0.456 e. The fraction of sp³-hybridized carbons (Fsp3) is 0.400. The molecule has 0 spiro atoms. The third-order valence-corrected chi connectivity index (χ3v) is 4.76. The van der Waals surface area contributed by atoms with Gasteiger partial charge in [0, 0.05) is 31.9 Å². The van der Waals surface area contributed by atoms with Crippen molar-refractivity contribution in [2.75, 3.05) is 31.6 Å². The van der Waals surface area contributed by atoms with Crippen molar-refractivity contribution in [1.29, 1.82) is 0 Å². The number of furan rings is 1. The molecule has 1 aromatic carbocycles. The molecule has 1 fully saturated rings. The van der Waals surface area contributed by atoms with Crippen LogP contribution in [0.1, 0.15) is 29.2 Å². The molecule has 1 aromatic heterocycles. The van der Waals surface area contributed by atoms with E-state index in [1.54, 1.807) is 24.1 Å². The van der Waals surface area contributed by atoms with Crippen LogP contribution in [-0.4, -0.2) is 49.4 Å². The number of para-hydroxylation sites is 1. The van der Waals surface area contributed by atoms with Gasteiger partial charge in [0.05, 0.1) is 6.54 Å². The minimum atomic E-state index is -0.170. The minimum Gasteiger partial charge on any atom is -0.456 e.